The Hall–Kier alpha value is -1.26. The third kappa shape index (κ3) is 2.38. The Kier molecular flexibility index (Phi) is 3.38. The molecule has 1 aliphatic rings. The van der Waals surface area contributed by atoms with Crippen LogP contribution in [0, 0.1) is 12.8 Å². The molecule has 0 spiro atoms. The van der Waals surface area contributed by atoms with Gasteiger partial charge in [-0.05, 0) is 31.4 Å². The van der Waals surface area contributed by atoms with Gasteiger partial charge in [0.25, 0.3) is 0 Å². The summed E-state index contributed by atoms with van der Waals surface area (Å²) in [4.78, 5) is 0. The van der Waals surface area contributed by atoms with Gasteiger partial charge < -0.3 is 9.52 Å². The minimum Gasteiger partial charge on any atom is -0.463 e. The predicted octanol–water partition coefficient (Wildman–Crippen LogP) is 3.37. The average molecular weight is 295 g/mol. The SMILES string of the molecule is Cc1nn(C)c(CC(O)c2ccc(C3CC3C)o2)c1Cl. The monoisotopic (exact) mass is 294 g/mol. The Bertz CT molecular complexity index is 632. The van der Waals surface area contributed by atoms with Crippen LogP contribution >= 0.6 is 11.6 Å². The summed E-state index contributed by atoms with van der Waals surface area (Å²) in [6, 6.07) is 3.84. The molecule has 108 valence electrons. The highest BCUT2D eigenvalue weighted by Gasteiger charge is 2.37. The molecular weight excluding hydrogens is 276 g/mol. The van der Waals surface area contributed by atoms with Crippen LogP contribution in [0.25, 0.3) is 0 Å². The van der Waals surface area contributed by atoms with Gasteiger partial charge in [0.1, 0.15) is 17.6 Å². The molecule has 1 saturated carbocycles. The van der Waals surface area contributed by atoms with Crippen LogP contribution in [0.1, 0.15) is 48.3 Å². The fourth-order valence-electron chi connectivity index (χ4n) is 2.65. The van der Waals surface area contributed by atoms with Crippen LogP contribution in [-0.4, -0.2) is 14.9 Å². The summed E-state index contributed by atoms with van der Waals surface area (Å²) in [5, 5.41) is 15.2. The molecule has 1 fully saturated rings. The first-order chi connectivity index (χ1) is 9.47. The minimum absolute atomic E-state index is 0.406. The van der Waals surface area contributed by atoms with Crippen molar-refractivity contribution in [2.45, 2.75) is 38.7 Å². The van der Waals surface area contributed by atoms with Crippen LogP contribution in [0.3, 0.4) is 0 Å². The number of nitrogens with zero attached hydrogens (tertiary/aromatic N) is 2. The van der Waals surface area contributed by atoms with Crippen molar-refractivity contribution >= 4 is 11.6 Å². The van der Waals surface area contributed by atoms with Gasteiger partial charge in [0, 0.05) is 19.4 Å². The molecule has 1 aliphatic carbocycles. The van der Waals surface area contributed by atoms with Crippen molar-refractivity contribution in [1.82, 2.24) is 9.78 Å². The van der Waals surface area contributed by atoms with E-state index in [0.717, 1.165) is 17.1 Å². The number of aliphatic hydroxyl groups excluding tert-OH is 1. The maximum Gasteiger partial charge on any atom is 0.133 e. The number of rotatable bonds is 4. The van der Waals surface area contributed by atoms with E-state index < -0.39 is 6.10 Å². The Balaban J connectivity index is 1.75. The molecule has 2 aromatic heterocycles. The van der Waals surface area contributed by atoms with Gasteiger partial charge in [-0.3, -0.25) is 4.68 Å². The Morgan fingerprint density at radius 3 is 2.80 bits per heavy atom. The molecule has 0 saturated heterocycles. The molecule has 0 amide bonds. The van der Waals surface area contributed by atoms with Crippen molar-refractivity contribution in [1.29, 1.82) is 0 Å². The second kappa shape index (κ2) is 4.93. The van der Waals surface area contributed by atoms with Crippen molar-refractivity contribution in [3.05, 3.63) is 40.1 Å². The molecular formula is C15H19ClN2O2. The second-order valence-electron chi connectivity index (χ2n) is 5.75. The molecule has 2 aromatic rings. The van der Waals surface area contributed by atoms with Crippen molar-refractivity contribution in [3.63, 3.8) is 0 Å². The third-order valence-electron chi connectivity index (χ3n) is 4.10. The van der Waals surface area contributed by atoms with E-state index in [2.05, 4.69) is 12.0 Å². The second-order valence-corrected chi connectivity index (χ2v) is 6.13. The summed E-state index contributed by atoms with van der Waals surface area (Å²) in [5.41, 5.74) is 1.61. The number of furan rings is 1. The van der Waals surface area contributed by atoms with Crippen LogP contribution < -0.4 is 0 Å². The third-order valence-corrected chi connectivity index (χ3v) is 4.59. The van der Waals surface area contributed by atoms with Crippen LogP contribution in [0.2, 0.25) is 5.02 Å². The highest BCUT2D eigenvalue weighted by Crippen LogP contribution is 2.47. The Morgan fingerprint density at radius 1 is 1.55 bits per heavy atom. The normalized spacial score (nSPS) is 23.1. The lowest BCUT2D eigenvalue weighted by Gasteiger charge is -2.08. The molecule has 5 heteroatoms. The van der Waals surface area contributed by atoms with Crippen LogP contribution in [0.4, 0.5) is 0 Å². The highest BCUT2D eigenvalue weighted by molar-refractivity contribution is 6.31. The van der Waals surface area contributed by atoms with Crippen molar-refractivity contribution in [3.8, 4) is 0 Å². The number of hydrogen-bond acceptors (Lipinski definition) is 3. The van der Waals surface area contributed by atoms with E-state index in [1.54, 1.807) is 4.68 Å². The van der Waals surface area contributed by atoms with E-state index in [0.29, 0.717) is 29.0 Å². The van der Waals surface area contributed by atoms with Gasteiger partial charge in [0.05, 0.1) is 16.4 Å². The standard InChI is InChI=1S/C15H19ClN2O2/c1-8-6-10(8)13-4-5-14(20-13)12(19)7-11-15(16)9(2)17-18(11)3/h4-5,8,10,12,19H,6-7H2,1-3H3. The van der Waals surface area contributed by atoms with E-state index >= 15 is 0 Å². The van der Waals surface area contributed by atoms with E-state index in [1.165, 1.54) is 6.42 Å². The molecule has 20 heavy (non-hydrogen) atoms. The first-order valence-corrected chi connectivity index (χ1v) is 7.30. The number of aromatic nitrogens is 2. The van der Waals surface area contributed by atoms with Gasteiger partial charge in [-0.2, -0.15) is 5.10 Å². The zero-order chi connectivity index (χ0) is 14.4. The zero-order valence-corrected chi connectivity index (χ0v) is 12.7. The molecule has 3 rings (SSSR count). The summed E-state index contributed by atoms with van der Waals surface area (Å²) in [6.07, 6.45) is 0.893. The van der Waals surface area contributed by atoms with Gasteiger partial charge in [0.15, 0.2) is 0 Å². The largest absolute Gasteiger partial charge is 0.463 e. The van der Waals surface area contributed by atoms with Crippen molar-refractivity contribution < 1.29 is 9.52 Å². The molecule has 0 bridgehead atoms. The maximum atomic E-state index is 10.3. The average Bonchev–Trinajstić information content (AvgIpc) is 2.86. The first-order valence-electron chi connectivity index (χ1n) is 6.93. The fraction of sp³-hybridized carbons (Fsp3) is 0.533. The Labute approximate surface area is 123 Å². The maximum absolute atomic E-state index is 10.3. The van der Waals surface area contributed by atoms with Crippen molar-refractivity contribution in [2.24, 2.45) is 13.0 Å². The quantitative estimate of drug-likeness (QED) is 0.940. The van der Waals surface area contributed by atoms with Crippen molar-refractivity contribution in [2.75, 3.05) is 0 Å². The lowest BCUT2D eigenvalue weighted by molar-refractivity contribution is 0.146. The fourth-order valence-corrected chi connectivity index (χ4v) is 2.89. The van der Waals surface area contributed by atoms with E-state index in [4.69, 9.17) is 16.0 Å². The van der Waals surface area contributed by atoms with E-state index in [-0.39, 0.29) is 0 Å². The minimum atomic E-state index is -0.690. The number of aliphatic hydroxyl groups is 1. The lowest BCUT2D eigenvalue weighted by Crippen LogP contribution is -2.06. The number of hydrogen-bond donors (Lipinski definition) is 1. The Morgan fingerprint density at radius 2 is 2.25 bits per heavy atom. The summed E-state index contributed by atoms with van der Waals surface area (Å²) in [6.45, 7) is 4.07. The van der Waals surface area contributed by atoms with Gasteiger partial charge in [-0.15, -0.1) is 0 Å². The summed E-state index contributed by atoms with van der Waals surface area (Å²) in [5.74, 6) is 2.81. The predicted molar refractivity (Wildman–Crippen MR) is 76.8 cm³/mol. The topological polar surface area (TPSA) is 51.2 Å². The molecule has 2 heterocycles. The first kappa shape index (κ1) is 13.7. The van der Waals surface area contributed by atoms with Gasteiger partial charge in [-0.25, -0.2) is 0 Å². The summed E-state index contributed by atoms with van der Waals surface area (Å²) >= 11 is 6.21. The lowest BCUT2D eigenvalue weighted by atomic mass is 10.1. The molecule has 4 nitrogen and oxygen atoms in total. The number of aryl methyl sites for hydroxylation is 2. The smallest absolute Gasteiger partial charge is 0.133 e. The molecule has 0 radical (unpaired) electrons. The van der Waals surface area contributed by atoms with Gasteiger partial charge in [-0.1, -0.05) is 18.5 Å². The van der Waals surface area contributed by atoms with E-state index in [1.807, 2.05) is 26.1 Å². The van der Waals surface area contributed by atoms with Crippen LogP contribution in [0.5, 0.6) is 0 Å². The molecule has 1 N–H and O–H groups in total. The van der Waals surface area contributed by atoms with Gasteiger partial charge in [0.2, 0.25) is 0 Å². The molecule has 3 atom stereocenters. The molecule has 0 aliphatic heterocycles. The summed E-state index contributed by atoms with van der Waals surface area (Å²) < 4.78 is 7.49. The summed E-state index contributed by atoms with van der Waals surface area (Å²) in [7, 11) is 1.83. The highest BCUT2D eigenvalue weighted by atomic mass is 35.5. The molecule has 0 aromatic carbocycles. The van der Waals surface area contributed by atoms with Crippen LogP contribution in [0.15, 0.2) is 16.5 Å². The molecule has 3 unspecified atom stereocenters. The van der Waals surface area contributed by atoms with Gasteiger partial charge >= 0.3 is 0 Å². The van der Waals surface area contributed by atoms with E-state index in [9.17, 15) is 5.11 Å². The number of halogens is 1. The van der Waals surface area contributed by atoms with Crippen LogP contribution in [-0.2, 0) is 13.5 Å². The zero-order valence-electron chi connectivity index (χ0n) is 11.9.